The summed E-state index contributed by atoms with van der Waals surface area (Å²) in [6.07, 6.45) is -2.49. The van der Waals surface area contributed by atoms with Gasteiger partial charge in [-0.25, -0.2) is 0 Å². The van der Waals surface area contributed by atoms with Gasteiger partial charge in [0.05, 0.1) is 0 Å². The van der Waals surface area contributed by atoms with Crippen LogP contribution < -0.4 is 0 Å². The van der Waals surface area contributed by atoms with Gasteiger partial charge in [0, 0.05) is 23.7 Å². The Balaban J connectivity index is 4.05. The van der Waals surface area contributed by atoms with E-state index in [1.165, 1.54) is 13.8 Å². The lowest BCUT2D eigenvalue weighted by Gasteiger charge is -2.15. The zero-order chi connectivity index (χ0) is 12.9. The fourth-order valence-electron chi connectivity index (χ4n) is 1.10. The van der Waals surface area contributed by atoms with Gasteiger partial charge in [-0.05, 0) is 12.8 Å². The Kier molecular flexibility index (Phi) is 5.83. The van der Waals surface area contributed by atoms with Gasteiger partial charge in [0.15, 0.2) is 0 Å². The first-order chi connectivity index (χ1) is 7.27. The van der Waals surface area contributed by atoms with Gasteiger partial charge in [-0.1, -0.05) is 0 Å². The van der Waals surface area contributed by atoms with E-state index in [0.29, 0.717) is 0 Å². The topological polar surface area (TPSA) is 127 Å². The standard InChI is InChI=1S/C8H16N2O6/c1-5(9(13)14)7(11)3-4-8(12)6(2)10(15)16/h5-8,11-12H,3-4H2,1-2H3/t5-,6+,7-,8-/m1/s1. The molecule has 0 saturated heterocycles. The van der Waals surface area contributed by atoms with Crippen molar-refractivity contribution in [2.75, 3.05) is 0 Å². The summed E-state index contributed by atoms with van der Waals surface area (Å²) in [6, 6.07) is -2.28. The van der Waals surface area contributed by atoms with E-state index in [9.17, 15) is 30.4 Å². The average molecular weight is 236 g/mol. The van der Waals surface area contributed by atoms with Gasteiger partial charge < -0.3 is 10.2 Å². The lowest BCUT2D eigenvalue weighted by molar-refractivity contribution is -0.533. The molecule has 0 rings (SSSR count). The molecule has 4 atom stereocenters. The minimum Gasteiger partial charge on any atom is -0.386 e. The maximum atomic E-state index is 10.3. The molecule has 0 aliphatic heterocycles. The largest absolute Gasteiger partial charge is 0.386 e. The highest BCUT2D eigenvalue weighted by molar-refractivity contribution is 4.69. The molecule has 2 N–H and O–H groups in total. The van der Waals surface area contributed by atoms with E-state index in [1.807, 2.05) is 0 Å². The van der Waals surface area contributed by atoms with E-state index < -0.39 is 34.1 Å². The van der Waals surface area contributed by atoms with Crippen molar-refractivity contribution >= 4 is 0 Å². The molecule has 0 bridgehead atoms. The summed E-state index contributed by atoms with van der Waals surface area (Å²) in [6.45, 7) is 2.49. The van der Waals surface area contributed by atoms with Crippen LogP contribution in [0.5, 0.6) is 0 Å². The molecule has 8 heteroatoms. The zero-order valence-corrected chi connectivity index (χ0v) is 9.15. The van der Waals surface area contributed by atoms with Crippen molar-refractivity contribution in [3.05, 3.63) is 20.2 Å². The predicted octanol–water partition coefficient (Wildman–Crippen LogP) is -0.181. The number of nitrogens with zero attached hydrogens (tertiary/aromatic N) is 2. The van der Waals surface area contributed by atoms with E-state index in [2.05, 4.69) is 0 Å². The monoisotopic (exact) mass is 236 g/mol. The number of aliphatic hydroxyl groups excluding tert-OH is 2. The number of rotatable bonds is 7. The molecule has 0 aliphatic rings. The molecule has 0 aromatic heterocycles. The molecule has 0 heterocycles. The molecule has 0 fully saturated rings. The van der Waals surface area contributed by atoms with Gasteiger partial charge in [0.2, 0.25) is 12.1 Å². The van der Waals surface area contributed by atoms with Crippen molar-refractivity contribution in [2.45, 2.75) is 51.0 Å². The van der Waals surface area contributed by atoms with Crippen LogP contribution >= 0.6 is 0 Å². The summed E-state index contributed by atoms with van der Waals surface area (Å²) in [7, 11) is 0. The first-order valence-corrected chi connectivity index (χ1v) is 4.90. The van der Waals surface area contributed by atoms with Crippen LogP contribution in [0.3, 0.4) is 0 Å². The normalized spacial score (nSPS) is 18.5. The first-order valence-electron chi connectivity index (χ1n) is 4.90. The van der Waals surface area contributed by atoms with E-state index in [1.54, 1.807) is 0 Å². The van der Waals surface area contributed by atoms with Gasteiger partial charge in [0.1, 0.15) is 12.2 Å². The fourth-order valence-corrected chi connectivity index (χ4v) is 1.10. The Morgan fingerprint density at radius 3 is 1.38 bits per heavy atom. The van der Waals surface area contributed by atoms with Crippen molar-refractivity contribution < 1.29 is 20.1 Å². The molecule has 0 aromatic rings. The molecular formula is C8H16N2O6. The molecular weight excluding hydrogens is 220 g/mol. The third-order valence-corrected chi connectivity index (χ3v) is 2.54. The second-order valence-electron chi connectivity index (χ2n) is 3.76. The second-order valence-corrected chi connectivity index (χ2v) is 3.76. The van der Waals surface area contributed by atoms with Crippen molar-refractivity contribution in [1.29, 1.82) is 0 Å². The van der Waals surface area contributed by atoms with Crippen molar-refractivity contribution in [3.63, 3.8) is 0 Å². The highest BCUT2D eigenvalue weighted by Gasteiger charge is 2.28. The summed E-state index contributed by atoms with van der Waals surface area (Å²) < 4.78 is 0. The van der Waals surface area contributed by atoms with E-state index in [4.69, 9.17) is 0 Å². The Hall–Kier alpha value is -1.28. The molecule has 0 unspecified atom stereocenters. The summed E-state index contributed by atoms with van der Waals surface area (Å²) in [5.74, 6) is 0. The van der Waals surface area contributed by atoms with Crippen LogP contribution in [0.25, 0.3) is 0 Å². The average Bonchev–Trinajstić information content (AvgIpc) is 2.22. The first kappa shape index (κ1) is 14.7. The highest BCUT2D eigenvalue weighted by atomic mass is 16.6. The molecule has 0 radical (unpaired) electrons. The molecule has 0 spiro atoms. The number of hydrogen-bond donors (Lipinski definition) is 2. The second kappa shape index (κ2) is 6.33. The van der Waals surface area contributed by atoms with Gasteiger partial charge in [-0.2, -0.15) is 0 Å². The number of aliphatic hydroxyl groups is 2. The van der Waals surface area contributed by atoms with Gasteiger partial charge in [-0.15, -0.1) is 0 Å². The van der Waals surface area contributed by atoms with Crippen LogP contribution in [-0.4, -0.2) is 44.4 Å². The van der Waals surface area contributed by atoms with Crippen LogP contribution in [0.4, 0.5) is 0 Å². The van der Waals surface area contributed by atoms with Gasteiger partial charge in [0.25, 0.3) is 0 Å². The van der Waals surface area contributed by atoms with Crippen LogP contribution in [-0.2, 0) is 0 Å². The summed E-state index contributed by atoms with van der Waals surface area (Å²) >= 11 is 0. The zero-order valence-electron chi connectivity index (χ0n) is 9.15. The smallest absolute Gasteiger partial charge is 0.235 e. The molecule has 0 saturated carbocycles. The SMILES string of the molecule is C[C@H]([C@H](O)CC[C@@H](O)[C@H](C)[N+](=O)[O-])[N+](=O)[O-]. The van der Waals surface area contributed by atoms with Crippen molar-refractivity contribution in [3.8, 4) is 0 Å². The maximum Gasteiger partial charge on any atom is 0.235 e. The Morgan fingerprint density at radius 1 is 0.938 bits per heavy atom. The summed E-state index contributed by atoms with van der Waals surface area (Å²) in [5.41, 5.74) is 0. The van der Waals surface area contributed by atoms with Crippen LogP contribution in [0.15, 0.2) is 0 Å². The van der Waals surface area contributed by atoms with Crippen LogP contribution in [0.2, 0.25) is 0 Å². The van der Waals surface area contributed by atoms with Crippen LogP contribution in [0, 0.1) is 20.2 Å². The lowest BCUT2D eigenvalue weighted by atomic mass is 10.0. The molecule has 0 aromatic carbocycles. The Labute approximate surface area is 92.2 Å². The quantitative estimate of drug-likeness (QED) is 0.466. The Bertz CT molecular complexity index is 233. The third-order valence-electron chi connectivity index (χ3n) is 2.54. The summed E-state index contributed by atoms with van der Waals surface area (Å²) in [4.78, 5) is 19.3. The van der Waals surface area contributed by atoms with Gasteiger partial charge in [-0.3, -0.25) is 20.2 Å². The fraction of sp³-hybridized carbons (Fsp3) is 1.00. The van der Waals surface area contributed by atoms with Gasteiger partial charge >= 0.3 is 0 Å². The molecule has 94 valence electrons. The highest BCUT2D eigenvalue weighted by Crippen LogP contribution is 2.11. The van der Waals surface area contributed by atoms with Crippen LogP contribution in [0.1, 0.15) is 26.7 Å². The number of hydrogen-bond acceptors (Lipinski definition) is 6. The lowest BCUT2D eigenvalue weighted by Crippen LogP contribution is -2.35. The molecule has 16 heavy (non-hydrogen) atoms. The van der Waals surface area contributed by atoms with E-state index in [-0.39, 0.29) is 12.8 Å². The van der Waals surface area contributed by atoms with E-state index in [0.717, 1.165) is 0 Å². The molecule has 8 nitrogen and oxygen atoms in total. The van der Waals surface area contributed by atoms with Crippen molar-refractivity contribution in [1.82, 2.24) is 0 Å². The summed E-state index contributed by atoms with van der Waals surface area (Å²) in [5, 5.41) is 39.3. The third kappa shape index (κ3) is 4.49. The molecule has 0 amide bonds. The maximum absolute atomic E-state index is 10.3. The van der Waals surface area contributed by atoms with Crippen molar-refractivity contribution in [2.24, 2.45) is 0 Å². The number of nitro groups is 2. The minimum absolute atomic E-state index is 0.0402. The minimum atomic E-state index is -1.20. The Morgan fingerprint density at radius 2 is 1.19 bits per heavy atom. The molecule has 0 aliphatic carbocycles. The predicted molar refractivity (Wildman–Crippen MR) is 54.2 cm³/mol. The van der Waals surface area contributed by atoms with E-state index >= 15 is 0 Å².